The van der Waals surface area contributed by atoms with Crippen molar-refractivity contribution in [3.05, 3.63) is 11.6 Å². The summed E-state index contributed by atoms with van der Waals surface area (Å²) in [5, 5.41) is 0. The van der Waals surface area contributed by atoms with Crippen LogP contribution in [0, 0.1) is 28.6 Å². The van der Waals surface area contributed by atoms with E-state index in [1.54, 1.807) is 6.92 Å². The van der Waals surface area contributed by atoms with E-state index in [9.17, 15) is 14.4 Å². The van der Waals surface area contributed by atoms with E-state index in [4.69, 9.17) is 19.9 Å². The molecule has 4 unspecified atom stereocenters. The number of rotatable bonds is 4. The fraction of sp³-hybridized carbons (Fsp3) is 0.808. The molecule has 1 amide bonds. The number of carbonyl (C=O) groups is 3. The van der Waals surface area contributed by atoms with E-state index in [1.807, 2.05) is 0 Å². The maximum Gasteiger partial charge on any atom is 0.351 e. The van der Waals surface area contributed by atoms with Crippen LogP contribution >= 0.6 is 0 Å². The lowest BCUT2D eigenvalue weighted by atomic mass is 9.47. The molecule has 1 spiro atoms. The molecule has 4 aliphatic carbocycles. The SMILES string of the molecule is CCOC(=O)[C@@]1(C(N)=O)O[C@@]12CCC1C3CC=C4CC(OC(C)=O)CC[C@]4(C)C3CC[C@@]12C. The molecular formula is C26H37NO6. The fourth-order valence-electron chi connectivity index (χ4n) is 8.73. The van der Waals surface area contributed by atoms with E-state index in [1.165, 1.54) is 12.5 Å². The number of nitrogens with two attached hydrogens (primary N) is 1. The second kappa shape index (κ2) is 7.30. The summed E-state index contributed by atoms with van der Waals surface area (Å²) in [6, 6.07) is 0. The molecule has 3 saturated carbocycles. The van der Waals surface area contributed by atoms with Gasteiger partial charge in [0, 0.05) is 18.8 Å². The number of epoxide rings is 1. The summed E-state index contributed by atoms with van der Waals surface area (Å²) in [4.78, 5) is 36.9. The summed E-state index contributed by atoms with van der Waals surface area (Å²) in [6.45, 7) is 8.02. The Balaban J connectivity index is 1.43. The Morgan fingerprint density at radius 2 is 1.85 bits per heavy atom. The maximum absolute atomic E-state index is 12.9. The van der Waals surface area contributed by atoms with Gasteiger partial charge in [0.1, 0.15) is 11.7 Å². The van der Waals surface area contributed by atoms with Crippen LogP contribution < -0.4 is 5.73 Å². The lowest BCUT2D eigenvalue weighted by Crippen LogP contribution is -2.56. The summed E-state index contributed by atoms with van der Waals surface area (Å²) in [5.74, 6) is -0.138. The van der Waals surface area contributed by atoms with Crippen LogP contribution in [0.4, 0.5) is 0 Å². The van der Waals surface area contributed by atoms with Crippen LogP contribution in [-0.2, 0) is 28.6 Å². The van der Waals surface area contributed by atoms with Gasteiger partial charge in [0.25, 0.3) is 11.5 Å². The molecule has 1 aliphatic heterocycles. The highest BCUT2D eigenvalue weighted by molar-refractivity contribution is 6.10. The van der Waals surface area contributed by atoms with Crippen LogP contribution in [0.2, 0.25) is 0 Å². The number of ether oxygens (including phenoxy) is 3. The predicted molar refractivity (Wildman–Crippen MR) is 120 cm³/mol. The lowest BCUT2D eigenvalue weighted by Gasteiger charge is -2.57. The second-order valence-electron chi connectivity index (χ2n) is 11.4. The van der Waals surface area contributed by atoms with E-state index in [0.29, 0.717) is 24.2 Å². The van der Waals surface area contributed by atoms with Crippen molar-refractivity contribution in [2.75, 3.05) is 6.61 Å². The second-order valence-corrected chi connectivity index (χ2v) is 11.4. The minimum absolute atomic E-state index is 0.0115. The van der Waals surface area contributed by atoms with E-state index in [0.717, 1.165) is 44.9 Å². The molecule has 8 atom stereocenters. The van der Waals surface area contributed by atoms with Crippen molar-refractivity contribution in [1.29, 1.82) is 0 Å². The van der Waals surface area contributed by atoms with E-state index >= 15 is 0 Å². The molecule has 0 aromatic heterocycles. The Labute approximate surface area is 195 Å². The third-order valence-corrected chi connectivity index (χ3v) is 10.3. The summed E-state index contributed by atoms with van der Waals surface area (Å²) in [5.41, 5.74) is 4.57. The number of amides is 1. The first kappa shape index (κ1) is 22.9. The standard InChI is InChI=1S/C26H37NO6/c1-5-31-22(30)26(21(27)29)25(33-26)13-10-20-18-7-6-16-14-17(32-15(2)28)8-11-23(16,3)19(18)9-12-24(20,25)4/h6,17-20H,5,7-14H2,1-4H3,(H2,27,29)/t17?,18?,19?,20?,23-,24-,25+,26+/m0/s1. The number of esters is 2. The smallest absolute Gasteiger partial charge is 0.351 e. The fourth-order valence-corrected chi connectivity index (χ4v) is 8.73. The molecule has 0 radical (unpaired) electrons. The monoisotopic (exact) mass is 459 g/mol. The first-order valence-electron chi connectivity index (χ1n) is 12.6. The molecule has 182 valence electrons. The van der Waals surface area contributed by atoms with Crippen LogP contribution in [0.5, 0.6) is 0 Å². The lowest BCUT2D eigenvalue weighted by molar-refractivity contribution is -0.153. The predicted octanol–water partition coefficient (Wildman–Crippen LogP) is 3.44. The third-order valence-electron chi connectivity index (χ3n) is 10.3. The normalized spacial score (nSPS) is 47.6. The number of fused-ring (bicyclic) bond motifs is 6. The highest BCUT2D eigenvalue weighted by Gasteiger charge is 2.88. The van der Waals surface area contributed by atoms with Gasteiger partial charge in [-0.25, -0.2) is 4.79 Å². The summed E-state index contributed by atoms with van der Waals surface area (Å²) < 4.78 is 17.0. The van der Waals surface area contributed by atoms with E-state index in [2.05, 4.69) is 19.9 Å². The van der Waals surface area contributed by atoms with Crippen molar-refractivity contribution < 1.29 is 28.6 Å². The van der Waals surface area contributed by atoms with Gasteiger partial charge in [0.05, 0.1) is 6.61 Å². The summed E-state index contributed by atoms with van der Waals surface area (Å²) in [7, 11) is 0. The van der Waals surface area contributed by atoms with E-state index in [-0.39, 0.29) is 29.5 Å². The molecule has 1 heterocycles. The summed E-state index contributed by atoms with van der Waals surface area (Å²) in [6.07, 6.45) is 9.68. The van der Waals surface area contributed by atoms with Gasteiger partial charge in [-0.05, 0) is 75.0 Å². The minimum Gasteiger partial charge on any atom is -0.463 e. The molecular weight excluding hydrogens is 422 g/mol. The Hall–Kier alpha value is -1.89. The number of hydrogen-bond acceptors (Lipinski definition) is 6. The molecule has 0 aromatic carbocycles. The zero-order valence-electron chi connectivity index (χ0n) is 20.3. The molecule has 0 bridgehead atoms. The van der Waals surface area contributed by atoms with Gasteiger partial charge in [-0.15, -0.1) is 0 Å². The van der Waals surface area contributed by atoms with Crippen molar-refractivity contribution in [2.24, 2.45) is 34.3 Å². The van der Waals surface area contributed by atoms with Crippen molar-refractivity contribution in [3.63, 3.8) is 0 Å². The third kappa shape index (κ3) is 2.80. The van der Waals surface area contributed by atoms with Crippen molar-refractivity contribution in [3.8, 4) is 0 Å². The van der Waals surface area contributed by atoms with E-state index < -0.39 is 23.1 Å². The molecule has 7 heteroatoms. The van der Waals surface area contributed by atoms with Crippen LogP contribution in [0.15, 0.2) is 11.6 Å². The average Bonchev–Trinajstić information content (AvgIpc) is 3.36. The van der Waals surface area contributed by atoms with Gasteiger partial charge in [-0.2, -0.15) is 0 Å². The quantitative estimate of drug-likeness (QED) is 0.299. The number of primary amides is 1. The summed E-state index contributed by atoms with van der Waals surface area (Å²) >= 11 is 0. The van der Waals surface area contributed by atoms with Crippen LogP contribution in [0.25, 0.3) is 0 Å². The highest BCUT2D eigenvalue weighted by atomic mass is 16.7. The van der Waals surface area contributed by atoms with Crippen molar-refractivity contribution >= 4 is 17.8 Å². The molecule has 1 saturated heterocycles. The zero-order chi connectivity index (χ0) is 23.8. The maximum atomic E-state index is 12.9. The number of carbonyl (C=O) groups excluding carboxylic acids is 3. The van der Waals surface area contributed by atoms with Crippen molar-refractivity contribution in [1.82, 2.24) is 0 Å². The van der Waals surface area contributed by atoms with Crippen LogP contribution in [-0.4, -0.2) is 41.8 Å². The Kier molecular flexibility index (Phi) is 5.06. The topological polar surface area (TPSA) is 108 Å². The van der Waals surface area contributed by atoms with Gasteiger partial charge in [0.15, 0.2) is 0 Å². The van der Waals surface area contributed by atoms with Gasteiger partial charge < -0.3 is 19.9 Å². The first-order chi connectivity index (χ1) is 15.6. The zero-order valence-corrected chi connectivity index (χ0v) is 20.3. The molecule has 0 aromatic rings. The Morgan fingerprint density at radius 1 is 1.12 bits per heavy atom. The number of hydrogen-bond donors (Lipinski definition) is 1. The average molecular weight is 460 g/mol. The molecule has 33 heavy (non-hydrogen) atoms. The molecule has 2 N–H and O–H groups in total. The molecule has 4 fully saturated rings. The molecule has 7 nitrogen and oxygen atoms in total. The van der Waals surface area contributed by atoms with Gasteiger partial charge >= 0.3 is 11.9 Å². The van der Waals surface area contributed by atoms with Gasteiger partial charge in [-0.3, -0.25) is 9.59 Å². The highest BCUT2D eigenvalue weighted by Crippen LogP contribution is 2.75. The van der Waals surface area contributed by atoms with Gasteiger partial charge in [0.2, 0.25) is 0 Å². The molecule has 5 rings (SSSR count). The largest absolute Gasteiger partial charge is 0.463 e. The minimum atomic E-state index is -1.64. The van der Waals surface area contributed by atoms with Gasteiger partial charge in [-0.1, -0.05) is 25.5 Å². The van der Waals surface area contributed by atoms with Crippen molar-refractivity contribution in [2.45, 2.75) is 96.4 Å². The van der Waals surface area contributed by atoms with Crippen LogP contribution in [0.3, 0.4) is 0 Å². The number of allylic oxidation sites excluding steroid dienone is 1. The molecule has 5 aliphatic rings. The Morgan fingerprint density at radius 3 is 2.52 bits per heavy atom. The van der Waals surface area contributed by atoms with Crippen LogP contribution in [0.1, 0.15) is 79.1 Å². The first-order valence-corrected chi connectivity index (χ1v) is 12.6. The Bertz CT molecular complexity index is 930.